The number of benzene rings is 4. The topological polar surface area (TPSA) is 52.6 Å². The zero-order valence-electron chi connectivity index (χ0n) is 23.8. The maximum absolute atomic E-state index is 13.2. The highest BCUT2D eigenvalue weighted by atomic mass is 35.5. The molecule has 0 atom stereocenters. The molecule has 0 amide bonds. The van der Waals surface area contributed by atoms with Crippen LogP contribution in [0.4, 0.5) is 0 Å². The first-order valence-corrected chi connectivity index (χ1v) is 14.9. The molecule has 0 radical (unpaired) electrons. The van der Waals surface area contributed by atoms with Gasteiger partial charge in [-0.2, -0.15) is 0 Å². The molecule has 0 saturated carbocycles. The van der Waals surface area contributed by atoms with E-state index in [1.54, 1.807) is 24.3 Å². The molecule has 212 valence electrons. The molecule has 0 fully saturated rings. The van der Waals surface area contributed by atoms with E-state index >= 15 is 0 Å². The predicted molar refractivity (Wildman–Crippen MR) is 166 cm³/mol. The SMILES string of the molecule is CCCCCc1ccc(OC(=O)c2ccc(OC(=O)c3ccccc3-c3ccc(CCCCC)cc3)cc2Cl)cc1. The van der Waals surface area contributed by atoms with Crippen LogP contribution in [0.15, 0.2) is 91.0 Å². The Morgan fingerprint density at radius 3 is 1.76 bits per heavy atom. The van der Waals surface area contributed by atoms with Crippen LogP contribution in [-0.2, 0) is 12.8 Å². The summed E-state index contributed by atoms with van der Waals surface area (Å²) in [6, 6.07) is 27.7. The van der Waals surface area contributed by atoms with Crippen LogP contribution >= 0.6 is 11.6 Å². The molecular weight excluding hydrogens is 532 g/mol. The minimum Gasteiger partial charge on any atom is -0.423 e. The van der Waals surface area contributed by atoms with Crippen LogP contribution in [0.5, 0.6) is 11.5 Å². The van der Waals surface area contributed by atoms with E-state index in [9.17, 15) is 9.59 Å². The second-order valence-corrected chi connectivity index (χ2v) is 10.6. The monoisotopic (exact) mass is 568 g/mol. The summed E-state index contributed by atoms with van der Waals surface area (Å²) in [6.45, 7) is 4.38. The molecule has 0 saturated heterocycles. The standard InChI is InChI=1S/C36H37ClO4/c1-3-5-7-11-26-15-19-28(20-16-26)31-13-9-10-14-32(31)35(38)41-30-23-24-33(34(37)25-30)36(39)40-29-21-17-27(18-22-29)12-8-6-4-2/h9-10,13-25H,3-8,11-12H2,1-2H3. The van der Waals surface area contributed by atoms with Crippen molar-refractivity contribution in [3.63, 3.8) is 0 Å². The van der Waals surface area contributed by atoms with E-state index in [-0.39, 0.29) is 16.3 Å². The predicted octanol–water partition coefficient (Wildman–Crippen LogP) is 9.91. The molecule has 0 heterocycles. The number of unbranched alkanes of at least 4 members (excludes halogenated alkanes) is 4. The van der Waals surface area contributed by atoms with E-state index in [4.69, 9.17) is 21.1 Å². The molecule has 0 unspecified atom stereocenters. The average Bonchev–Trinajstić information content (AvgIpc) is 2.99. The number of carbonyl (C=O) groups is 2. The Labute approximate surface area is 248 Å². The molecule has 0 bridgehead atoms. The van der Waals surface area contributed by atoms with Crippen molar-refractivity contribution in [3.8, 4) is 22.6 Å². The number of aryl methyl sites for hydroxylation is 2. The van der Waals surface area contributed by atoms with Gasteiger partial charge in [0.2, 0.25) is 0 Å². The number of hydrogen-bond acceptors (Lipinski definition) is 4. The summed E-state index contributed by atoms with van der Waals surface area (Å²) in [5.41, 5.74) is 4.88. The van der Waals surface area contributed by atoms with Gasteiger partial charge in [-0.3, -0.25) is 0 Å². The van der Waals surface area contributed by atoms with Gasteiger partial charge in [-0.1, -0.05) is 106 Å². The molecule has 5 heteroatoms. The number of carbonyl (C=O) groups excluding carboxylic acids is 2. The zero-order valence-corrected chi connectivity index (χ0v) is 24.6. The van der Waals surface area contributed by atoms with Crippen molar-refractivity contribution in [2.75, 3.05) is 0 Å². The lowest BCUT2D eigenvalue weighted by Crippen LogP contribution is -2.12. The fourth-order valence-electron chi connectivity index (χ4n) is 4.70. The quantitative estimate of drug-likeness (QED) is 0.0914. The average molecular weight is 569 g/mol. The van der Waals surface area contributed by atoms with E-state index < -0.39 is 11.9 Å². The first-order chi connectivity index (χ1) is 20.0. The Kier molecular flexibility index (Phi) is 11.2. The highest BCUT2D eigenvalue weighted by Gasteiger charge is 2.18. The van der Waals surface area contributed by atoms with Crippen molar-refractivity contribution in [2.45, 2.75) is 65.2 Å². The molecule has 0 aliphatic heterocycles. The lowest BCUT2D eigenvalue weighted by Gasteiger charge is -2.12. The molecule has 0 aliphatic carbocycles. The second kappa shape index (κ2) is 15.2. The van der Waals surface area contributed by atoms with Gasteiger partial charge in [0.25, 0.3) is 0 Å². The van der Waals surface area contributed by atoms with Crippen molar-refractivity contribution in [2.24, 2.45) is 0 Å². The summed E-state index contributed by atoms with van der Waals surface area (Å²) >= 11 is 6.41. The number of halogens is 1. The minimum absolute atomic E-state index is 0.142. The second-order valence-electron chi connectivity index (χ2n) is 10.2. The van der Waals surface area contributed by atoms with Gasteiger partial charge in [0.05, 0.1) is 16.1 Å². The molecule has 4 aromatic carbocycles. The van der Waals surface area contributed by atoms with E-state index in [1.807, 2.05) is 42.5 Å². The Hall–Kier alpha value is -3.89. The molecule has 4 aromatic rings. The van der Waals surface area contributed by atoms with Crippen LogP contribution in [0.25, 0.3) is 11.1 Å². The number of rotatable bonds is 13. The van der Waals surface area contributed by atoms with Crippen molar-refractivity contribution >= 4 is 23.5 Å². The first kappa shape index (κ1) is 30.1. The molecule has 41 heavy (non-hydrogen) atoms. The largest absolute Gasteiger partial charge is 0.423 e. The van der Waals surface area contributed by atoms with Crippen LogP contribution in [0.1, 0.15) is 84.2 Å². The number of esters is 2. The smallest absolute Gasteiger partial charge is 0.345 e. The van der Waals surface area contributed by atoms with E-state index in [2.05, 4.69) is 26.0 Å². The van der Waals surface area contributed by atoms with Gasteiger partial charge in [0.1, 0.15) is 11.5 Å². The summed E-state index contributed by atoms with van der Waals surface area (Å²) in [5, 5.41) is 0.142. The zero-order chi connectivity index (χ0) is 29.0. The highest BCUT2D eigenvalue weighted by Crippen LogP contribution is 2.28. The lowest BCUT2D eigenvalue weighted by atomic mass is 9.97. The van der Waals surface area contributed by atoms with Crippen LogP contribution in [0.3, 0.4) is 0 Å². The summed E-state index contributed by atoms with van der Waals surface area (Å²) in [4.78, 5) is 25.9. The molecule has 4 rings (SSSR count). The summed E-state index contributed by atoms with van der Waals surface area (Å²) in [6.07, 6.45) is 9.14. The first-order valence-electron chi connectivity index (χ1n) is 14.5. The Bertz CT molecular complexity index is 1440. The third kappa shape index (κ3) is 8.55. The lowest BCUT2D eigenvalue weighted by molar-refractivity contribution is 0.0730. The normalized spacial score (nSPS) is 10.8. The van der Waals surface area contributed by atoms with Gasteiger partial charge < -0.3 is 9.47 Å². The minimum atomic E-state index is -0.574. The van der Waals surface area contributed by atoms with Crippen LogP contribution in [0, 0.1) is 0 Å². The molecule has 0 aromatic heterocycles. The van der Waals surface area contributed by atoms with Gasteiger partial charge in [-0.25, -0.2) is 9.59 Å². The van der Waals surface area contributed by atoms with E-state index in [0.717, 1.165) is 30.4 Å². The Balaban J connectivity index is 1.40. The molecular formula is C36H37ClO4. The molecule has 0 N–H and O–H groups in total. The van der Waals surface area contributed by atoms with Gasteiger partial charge >= 0.3 is 11.9 Å². The molecule has 0 spiro atoms. The third-order valence-corrected chi connectivity index (χ3v) is 7.37. The Morgan fingerprint density at radius 1 is 0.610 bits per heavy atom. The van der Waals surface area contributed by atoms with Crippen molar-refractivity contribution < 1.29 is 19.1 Å². The van der Waals surface area contributed by atoms with Gasteiger partial charge in [0.15, 0.2) is 0 Å². The van der Waals surface area contributed by atoms with Crippen LogP contribution in [0.2, 0.25) is 5.02 Å². The molecule has 4 nitrogen and oxygen atoms in total. The van der Waals surface area contributed by atoms with Gasteiger partial charge in [-0.15, -0.1) is 0 Å². The highest BCUT2D eigenvalue weighted by molar-refractivity contribution is 6.33. The fourth-order valence-corrected chi connectivity index (χ4v) is 4.94. The maximum atomic E-state index is 13.2. The van der Waals surface area contributed by atoms with Crippen LogP contribution < -0.4 is 9.47 Å². The van der Waals surface area contributed by atoms with Crippen LogP contribution in [-0.4, -0.2) is 11.9 Å². The van der Waals surface area contributed by atoms with Crippen molar-refractivity contribution in [1.82, 2.24) is 0 Å². The van der Waals surface area contributed by atoms with E-state index in [0.29, 0.717) is 11.3 Å². The van der Waals surface area contributed by atoms with Gasteiger partial charge in [0, 0.05) is 6.07 Å². The summed E-state index contributed by atoms with van der Waals surface area (Å²) in [5.74, 6) is -0.381. The number of ether oxygens (including phenoxy) is 2. The Morgan fingerprint density at radius 2 is 1.15 bits per heavy atom. The van der Waals surface area contributed by atoms with E-state index in [1.165, 1.54) is 55.4 Å². The maximum Gasteiger partial charge on any atom is 0.345 e. The molecule has 0 aliphatic rings. The summed E-state index contributed by atoms with van der Waals surface area (Å²) < 4.78 is 11.2. The van der Waals surface area contributed by atoms with Gasteiger partial charge in [-0.05, 0) is 78.3 Å². The van der Waals surface area contributed by atoms with Crippen molar-refractivity contribution in [1.29, 1.82) is 0 Å². The number of hydrogen-bond donors (Lipinski definition) is 0. The fraction of sp³-hybridized carbons (Fsp3) is 0.278. The van der Waals surface area contributed by atoms with Crippen molar-refractivity contribution in [3.05, 3.63) is 118 Å². The third-order valence-electron chi connectivity index (χ3n) is 7.05. The summed E-state index contributed by atoms with van der Waals surface area (Å²) in [7, 11) is 0.